The number of esters is 1. The number of nitrogens with two attached hydrogens (primary N) is 1. The molecule has 0 aliphatic carbocycles. The van der Waals surface area contributed by atoms with Crippen molar-refractivity contribution in [3.63, 3.8) is 0 Å². The largest absolute Gasteiger partial charge is 0.465 e. The van der Waals surface area contributed by atoms with Gasteiger partial charge in [-0.25, -0.2) is 18.4 Å². The molecule has 2 aromatic rings. The van der Waals surface area contributed by atoms with E-state index in [2.05, 4.69) is 5.32 Å². The van der Waals surface area contributed by atoms with Gasteiger partial charge in [0.2, 0.25) is 10.0 Å². The molecule has 3 N–H and O–H groups in total. The minimum Gasteiger partial charge on any atom is -0.465 e. The van der Waals surface area contributed by atoms with E-state index >= 15 is 0 Å². The second kappa shape index (κ2) is 7.21. The third-order valence-corrected chi connectivity index (χ3v) is 4.59. The molecule has 128 valence electrons. The van der Waals surface area contributed by atoms with Gasteiger partial charge in [-0.1, -0.05) is 23.7 Å². The highest BCUT2D eigenvalue weighted by atomic mass is 35.5. The van der Waals surface area contributed by atoms with Gasteiger partial charge in [-0.05, 0) is 42.8 Å². The number of hydrogen-bond donors (Lipinski definition) is 2. The average molecular weight is 369 g/mol. The van der Waals surface area contributed by atoms with Crippen LogP contribution in [0.5, 0.6) is 0 Å². The van der Waals surface area contributed by atoms with Gasteiger partial charge in [0.15, 0.2) is 0 Å². The van der Waals surface area contributed by atoms with Gasteiger partial charge in [0, 0.05) is 16.8 Å². The third-order valence-electron chi connectivity index (χ3n) is 3.45. The van der Waals surface area contributed by atoms with Crippen LogP contribution in [0.15, 0.2) is 47.4 Å². The van der Waals surface area contributed by atoms with E-state index in [9.17, 15) is 13.2 Å². The molecule has 0 aliphatic rings. The number of anilines is 1. The smallest absolute Gasteiger partial charge is 0.340 e. The molecule has 2 rings (SSSR count). The molecule has 0 saturated carbocycles. The van der Waals surface area contributed by atoms with E-state index < -0.39 is 16.0 Å². The maximum atomic E-state index is 12.0. The van der Waals surface area contributed by atoms with Crippen molar-refractivity contribution in [3.8, 4) is 0 Å². The van der Waals surface area contributed by atoms with Gasteiger partial charge >= 0.3 is 5.97 Å². The molecule has 0 aromatic heterocycles. The van der Waals surface area contributed by atoms with Crippen molar-refractivity contribution in [1.82, 2.24) is 0 Å². The molecule has 2 aromatic carbocycles. The highest BCUT2D eigenvalue weighted by Gasteiger charge is 2.18. The second-order valence-corrected chi connectivity index (χ2v) is 7.16. The summed E-state index contributed by atoms with van der Waals surface area (Å²) in [4.78, 5) is 11.8. The first-order valence-corrected chi connectivity index (χ1v) is 8.92. The summed E-state index contributed by atoms with van der Waals surface area (Å²) in [6.07, 6.45) is 0. The molecule has 0 amide bonds. The first-order valence-electron chi connectivity index (χ1n) is 6.99. The molecule has 0 saturated heterocycles. The SMILES string of the molecule is COC(=O)c1cc(S(N)(=O)=O)ccc1NC(C)c1cccc(Cl)c1. The van der Waals surface area contributed by atoms with Crippen LogP contribution in [0.1, 0.15) is 28.9 Å². The summed E-state index contributed by atoms with van der Waals surface area (Å²) in [5, 5.41) is 8.86. The standard InChI is InChI=1S/C16H17ClN2O4S/c1-10(11-4-3-5-12(17)8-11)19-15-7-6-13(24(18,21)22)9-14(15)16(20)23-2/h3-10,19H,1-2H3,(H2,18,21,22). The van der Waals surface area contributed by atoms with E-state index in [1.54, 1.807) is 12.1 Å². The number of ether oxygens (including phenoxy) is 1. The predicted octanol–water partition coefficient (Wildman–Crippen LogP) is 2.95. The average Bonchev–Trinajstić information content (AvgIpc) is 2.53. The Balaban J connectivity index is 2.40. The molecule has 8 heteroatoms. The van der Waals surface area contributed by atoms with E-state index in [1.807, 2.05) is 19.1 Å². The Bertz CT molecular complexity index is 868. The summed E-state index contributed by atoms with van der Waals surface area (Å²) in [6.45, 7) is 1.89. The van der Waals surface area contributed by atoms with Crippen LogP contribution in [0.2, 0.25) is 5.02 Å². The Kier molecular flexibility index (Phi) is 5.48. The number of primary sulfonamides is 1. The Morgan fingerprint density at radius 3 is 2.54 bits per heavy atom. The van der Waals surface area contributed by atoms with Crippen molar-refractivity contribution in [1.29, 1.82) is 0 Å². The zero-order valence-corrected chi connectivity index (χ0v) is 14.7. The molecule has 0 spiro atoms. The van der Waals surface area contributed by atoms with Crippen molar-refractivity contribution in [3.05, 3.63) is 58.6 Å². The minimum atomic E-state index is -3.92. The normalized spacial score (nSPS) is 12.5. The zero-order valence-electron chi connectivity index (χ0n) is 13.1. The molecule has 0 heterocycles. The molecule has 1 atom stereocenters. The fourth-order valence-corrected chi connectivity index (χ4v) is 2.94. The van der Waals surface area contributed by atoms with Gasteiger partial charge < -0.3 is 10.1 Å². The van der Waals surface area contributed by atoms with Crippen molar-refractivity contribution in [2.24, 2.45) is 5.14 Å². The minimum absolute atomic E-state index is 0.0814. The van der Waals surface area contributed by atoms with Crippen LogP contribution in [0.25, 0.3) is 0 Å². The Hall–Kier alpha value is -2.09. The van der Waals surface area contributed by atoms with Crippen LogP contribution in [0, 0.1) is 0 Å². The lowest BCUT2D eigenvalue weighted by atomic mass is 10.1. The van der Waals surface area contributed by atoms with Crippen LogP contribution < -0.4 is 10.5 Å². The fourth-order valence-electron chi connectivity index (χ4n) is 2.20. The summed E-state index contributed by atoms with van der Waals surface area (Å²) < 4.78 is 27.7. The van der Waals surface area contributed by atoms with Crippen LogP contribution in [-0.2, 0) is 14.8 Å². The third kappa shape index (κ3) is 4.25. The molecule has 0 fully saturated rings. The summed E-state index contributed by atoms with van der Waals surface area (Å²) in [5.41, 5.74) is 1.42. The van der Waals surface area contributed by atoms with Crippen LogP contribution in [0.4, 0.5) is 5.69 Å². The monoisotopic (exact) mass is 368 g/mol. The number of methoxy groups -OCH3 is 1. The Morgan fingerprint density at radius 1 is 1.25 bits per heavy atom. The maximum Gasteiger partial charge on any atom is 0.340 e. The molecule has 0 bridgehead atoms. The van der Waals surface area contributed by atoms with Gasteiger partial charge in [-0.15, -0.1) is 0 Å². The number of halogens is 1. The lowest BCUT2D eigenvalue weighted by Crippen LogP contribution is -2.16. The number of carbonyl (C=O) groups excluding carboxylic acids is 1. The summed E-state index contributed by atoms with van der Waals surface area (Å²) in [6, 6.07) is 11.1. The summed E-state index contributed by atoms with van der Waals surface area (Å²) >= 11 is 5.98. The molecule has 24 heavy (non-hydrogen) atoms. The first kappa shape index (κ1) is 18.3. The maximum absolute atomic E-state index is 12.0. The topological polar surface area (TPSA) is 98.5 Å². The molecule has 1 unspecified atom stereocenters. The summed E-state index contributed by atoms with van der Waals surface area (Å²) in [5.74, 6) is -0.665. The van der Waals surface area contributed by atoms with E-state index in [0.717, 1.165) is 5.56 Å². The van der Waals surface area contributed by atoms with E-state index in [-0.39, 0.29) is 16.5 Å². The van der Waals surface area contributed by atoms with Crippen molar-refractivity contribution in [2.45, 2.75) is 17.9 Å². The quantitative estimate of drug-likeness (QED) is 0.790. The van der Waals surface area contributed by atoms with Crippen LogP contribution >= 0.6 is 11.6 Å². The van der Waals surface area contributed by atoms with Crippen LogP contribution in [-0.4, -0.2) is 21.5 Å². The van der Waals surface area contributed by atoms with Crippen molar-refractivity contribution >= 4 is 33.3 Å². The van der Waals surface area contributed by atoms with E-state index in [1.165, 1.54) is 25.3 Å². The van der Waals surface area contributed by atoms with Gasteiger partial charge in [-0.3, -0.25) is 0 Å². The molecule has 0 aliphatic heterocycles. The first-order chi connectivity index (χ1) is 11.2. The summed E-state index contributed by atoms with van der Waals surface area (Å²) in [7, 11) is -2.70. The van der Waals surface area contributed by atoms with Gasteiger partial charge in [-0.2, -0.15) is 0 Å². The number of sulfonamides is 1. The molecular weight excluding hydrogens is 352 g/mol. The number of nitrogens with one attached hydrogen (secondary N) is 1. The highest BCUT2D eigenvalue weighted by molar-refractivity contribution is 7.89. The number of hydrogen-bond acceptors (Lipinski definition) is 5. The second-order valence-electron chi connectivity index (χ2n) is 5.17. The predicted molar refractivity (Wildman–Crippen MR) is 92.6 cm³/mol. The zero-order chi connectivity index (χ0) is 17.9. The van der Waals surface area contributed by atoms with Crippen LogP contribution in [0.3, 0.4) is 0 Å². The molecule has 6 nitrogen and oxygen atoms in total. The van der Waals surface area contributed by atoms with Gasteiger partial charge in [0.25, 0.3) is 0 Å². The Morgan fingerprint density at radius 2 is 1.96 bits per heavy atom. The van der Waals surface area contributed by atoms with Gasteiger partial charge in [0.05, 0.1) is 17.6 Å². The van der Waals surface area contributed by atoms with Crippen molar-refractivity contribution < 1.29 is 17.9 Å². The van der Waals surface area contributed by atoms with E-state index in [0.29, 0.717) is 10.7 Å². The molecule has 0 radical (unpaired) electrons. The van der Waals surface area contributed by atoms with Gasteiger partial charge in [0.1, 0.15) is 0 Å². The fraction of sp³-hybridized carbons (Fsp3) is 0.188. The lowest BCUT2D eigenvalue weighted by molar-refractivity contribution is 0.0601. The Labute approximate surface area is 145 Å². The lowest BCUT2D eigenvalue weighted by Gasteiger charge is -2.18. The number of rotatable bonds is 5. The number of carbonyl (C=O) groups is 1. The molecular formula is C16H17ClN2O4S. The number of benzene rings is 2. The van der Waals surface area contributed by atoms with Crippen molar-refractivity contribution in [2.75, 3.05) is 12.4 Å². The highest BCUT2D eigenvalue weighted by Crippen LogP contribution is 2.26. The van der Waals surface area contributed by atoms with E-state index in [4.69, 9.17) is 21.5 Å².